The summed E-state index contributed by atoms with van der Waals surface area (Å²) < 4.78 is 7.33. The van der Waals surface area contributed by atoms with E-state index in [1.54, 1.807) is 0 Å². The third kappa shape index (κ3) is 1.44. The van der Waals surface area contributed by atoms with E-state index in [-0.39, 0.29) is 5.41 Å². The lowest BCUT2D eigenvalue weighted by Gasteiger charge is -2.58. The largest absolute Gasteiger partial charge is 0.377 e. The summed E-state index contributed by atoms with van der Waals surface area (Å²) in [5.41, 5.74) is 0.810. The highest BCUT2D eigenvalue weighted by atomic mass is 16.5. The highest BCUT2D eigenvalue weighted by molar-refractivity contribution is 5.46. The molecule has 0 spiro atoms. The first-order chi connectivity index (χ1) is 9.59. The van der Waals surface area contributed by atoms with Gasteiger partial charge in [0.15, 0.2) is 11.5 Å². The van der Waals surface area contributed by atoms with Crippen molar-refractivity contribution in [2.75, 3.05) is 18.6 Å². The van der Waals surface area contributed by atoms with E-state index in [0.717, 1.165) is 18.8 Å². The van der Waals surface area contributed by atoms with E-state index in [2.05, 4.69) is 46.4 Å². The Morgan fingerprint density at radius 2 is 2.25 bits per heavy atom. The Hall–Kier alpha value is -1.76. The average molecular weight is 274 g/mol. The molecule has 2 aromatic rings. The van der Waals surface area contributed by atoms with Gasteiger partial charge in [0.2, 0.25) is 0 Å². The highest BCUT2D eigenvalue weighted by Gasteiger charge is 2.61. The van der Waals surface area contributed by atoms with E-state index in [9.17, 15) is 0 Å². The molecule has 0 N–H and O–H groups in total. The zero-order valence-electron chi connectivity index (χ0n) is 11.9. The topological polar surface area (TPSA) is 68.4 Å². The van der Waals surface area contributed by atoms with Gasteiger partial charge in [-0.15, -0.1) is 14.8 Å². The van der Waals surface area contributed by atoms with E-state index in [1.807, 2.05) is 12.1 Å². The van der Waals surface area contributed by atoms with Gasteiger partial charge in [0, 0.05) is 31.0 Å². The summed E-state index contributed by atoms with van der Waals surface area (Å²) >= 11 is 0. The molecule has 0 amide bonds. The second-order valence-electron chi connectivity index (χ2n) is 6.34. The summed E-state index contributed by atoms with van der Waals surface area (Å²) in [6.07, 6.45) is 1.52. The van der Waals surface area contributed by atoms with Crippen molar-refractivity contribution >= 4 is 11.5 Å². The molecule has 20 heavy (non-hydrogen) atoms. The first-order valence-corrected chi connectivity index (χ1v) is 6.99. The summed E-state index contributed by atoms with van der Waals surface area (Å²) in [5, 5.41) is 15.8. The van der Waals surface area contributed by atoms with Gasteiger partial charge in [0.25, 0.3) is 0 Å². The highest BCUT2D eigenvalue weighted by Crippen LogP contribution is 2.54. The van der Waals surface area contributed by atoms with Gasteiger partial charge in [-0.25, -0.2) is 0 Å². The smallest absolute Gasteiger partial charge is 0.200 e. The van der Waals surface area contributed by atoms with Crippen molar-refractivity contribution in [1.82, 2.24) is 25.3 Å². The van der Waals surface area contributed by atoms with Crippen molar-refractivity contribution in [2.45, 2.75) is 32.4 Å². The summed E-state index contributed by atoms with van der Waals surface area (Å²) in [7, 11) is 2.10. The molecule has 1 saturated heterocycles. The summed E-state index contributed by atoms with van der Waals surface area (Å²) in [4.78, 5) is 2.25. The summed E-state index contributed by atoms with van der Waals surface area (Å²) in [6.45, 7) is 5.43. The fourth-order valence-corrected chi connectivity index (χ4v) is 4.05. The lowest BCUT2D eigenvalue weighted by atomic mass is 9.57. The van der Waals surface area contributed by atoms with Gasteiger partial charge in [0.05, 0.1) is 6.10 Å². The van der Waals surface area contributed by atoms with Crippen LogP contribution in [0.25, 0.3) is 5.65 Å². The zero-order valence-corrected chi connectivity index (χ0v) is 11.9. The van der Waals surface area contributed by atoms with Crippen molar-refractivity contribution in [2.24, 2.45) is 11.3 Å². The van der Waals surface area contributed by atoms with Crippen LogP contribution in [0.3, 0.4) is 0 Å². The van der Waals surface area contributed by atoms with Crippen LogP contribution >= 0.6 is 0 Å². The second-order valence-corrected chi connectivity index (χ2v) is 6.34. The number of fused-ring (bicyclic) bond motifs is 2. The number of nitrogens with zero attached hydrogens (tertiary/aromatic N) is 6. The molecule has 4 rings (SSSR count). The van der Waals surface area contributed by atoms with Crippen molar-refractivity contribution < 1.29 is 4.74 Å². The molecule has 0 radical (unpaired) electrons. The molecule has 106 valence electrons. The Balaban J connectivity index is 1.67. The summed E-state index contributed by atoms with van der Waals surface area (Å²) in [5.74, 6) is 1.49. The van der Waals surface area contributed by atoms with Crippen LogP contribution < -0.4 is 4.90 Å². The van der Waals surface area contributed by atoms with Crippen LogP contribution in [0.1, 0.15) is 20.3 Å². The third-order valence-electron chi connectivity index (χ3n) is 4.87. The fourth-order valence-electron chi connectivity index (χ4n) is 4.05. The molecular formula is C13H18N6O. The van der Waals surface area contributed by atoms with Crippen LogP contribution in [-0.2, 0) is 4.74 Å². The predicted octanol–water partition coefficient (Wildman–Crippen LogP) is 0.769. The van der Waals surface area contributed by atoms with Crippen LogP contribution in [0.5, 0.6) is 0 Å². The monoisotopic (exact) mass is 274 g/mol. The minimum atomic E-state index is 0.146. The van der Waals surface area contributed by atoms with Crippen LogP contribution in [0, 0.1) is 11.3 Å². The molecule has 7 heteroatoms. The Kier molecular flexibility index (Phi) is 2.33. The number of rotatable bonds is 2. The quantitative estimate of drug-likeness (QED) is 0.805. The molecule has 3 unspecified atom stereocenters. The van der Waals surface area contributed by atoms with Gasteiger partial charge in [-0.2, -0.15) is 0 Å². The molecule has 2 fully saturated rings. The van der Waals surface area contributed by atoms with E-state index < -0.39 is 0 Å². The van der Waals surface area contributed by atoms with Crippen LogP contribution in [0.4, 0.5) is 5.82 Å². The van der Waals surface area contributed by atoms with E-state index in [0.29, 0.717) is 23.7 Å². The van der Waals surface area contributed by atoms with Crippen LogP contribution in [-0.4, -0.2) is 51.1 Å². The number of hydrogen-bond acceptors (Lipinski definition) is 6. The van der Waals surface area contributed by atoms with Gasteiger partial charge in [-0.1, -0.05) is 13.8 Å². The van der Waals surface area contributed by atoms with Crippen LogP contribution in [0.15, 0.2) is 12.1 Å². The van der Waals surface area contributed by atoms with E-state index in [1.165, 1.54) is 4.63 Å². The molecule has 2 aromatic heterocycles. The maximum atomic E-state index is 5.86. The second kappa shape index (κ2) is 3.88. The van der Waals surface area contributed by atoms with Gasteiger partial charge in [-0.05, 0) is 29.0 Å². The number of hydrogen-bond donors (Lipinski definition) is 0. The van der Waals surface area contributed by atoms with Gasteiger partial charge in [0.1, 0.15) is 0 Å². The molecular weight excluding hydrogens is 256 g/mol. The maximum absolute atomic E-state index is 5.86. The Bertz CT molecular complexity index is 653. The van der Waals surface area contributed by atoms with Crippen molar-refractivity contribution in [3.63, 3.8) is 0 Å². The molecule has 3 atom stereocenters. The fraction of sp³-hybridized carbons (Fsp3) is 0.692. The minimum absolute atomic E-state index is 0.146. The number of tetrazole rings is 1. The predicted molar refractivity (Wildman–Crippen MR) is 72.4 cm³/mol. The van der Waals surface area contributed by atoms with Gasteiger partial charge >= 0.3 is 0 Å². The van der Waals surface area contributed by atoms with Gasteiger partial charge < -0.3 is 9.64 Å². The lowest BCUT2D eigenvalue weighted by molar-refractivity contribution is -0.101. The molecule has 0 bridgehead atoms. The number of ether oxygens (including phenoxy) is 1. The molecule has 0 aromatic carbocycles. The average Bonchev–Trinajstić information content (AvgIpc) is 3.04. The normalized spacial score (nSPS) is 31.1. The number of anilines is 1. The first kappa shape index (κ1) is 12.0. The zero-order chi connectivity index (χ0) is 13.9. The Morgan fingerprint density at radius 3 is 3.10 bits per heavy atom. The lowest BCUT2D eigenvalue weighted by Crippen LogP contribution is -2.66. The third-order valence-corrected chi connectivity index (χ3v) is 4.87. The Morgan fingerprint density at radius 1 is 1.40 bits per heavy atom. The Labute approximate surface area is 116 Å². The molecule has 2 aliphatic rings. The molecule has 7 nitrogen and oxygen atoms in total. The standard InChI is InChI=1S/C13H18N6O/c1-13(2)11(8-6-7-20-12(8)13)18(3)10-5-4-9-14-16-17-19(9)15-10/h4-5,8,11-12H,6-7H2,1-3H3. The maximum Gasteiger partial charge on any atom is 0.200 e. The van der Waals surface area contributed by atoms with Crippen molar-refractivity contribution in [1.29, 1.82) is 0 Å². The van der Waals surface area contributed by atoms with E-state index in [4.69, 9.17) is 4.74 Å². The molecule has 1 saturated carbocycles. The SMILES string of the molecule is CN(c1ccc2nnnn2n1)C1C2CCOC2C1(C)C. The minimum Gasteiger partial charge on any atom is -0.377 e. The molecule has 3 heterocycles. The number of aromatic nitrogens is 5. The van der Waals surface area contributed by atoms with Gasteiger partial charge in [-0.3, -0.25) is 0 Å². The first-order valence-electron chi connectivity index (χ1n) is 6.99. The summed E-state index contributed by atoms with van der Waals surface area (Å²) in [6, 6.07) is 4.31. The van der Waals surface area contributed by atoms with E-state index >= 15 is 0 Å². The van der Waals surface area contributed by atoms with Crippen molar-refractivity contribution in [3.8, 4) is 0 Å². The van der Waals surface area contributed by atoms with Crippen molar-refractivity contribution in [3.05, 3.63) is 12.1 Å². The molecule has 1 aliphatic heterocycles. The van der Waals surface area contributed by atoms with Crippen LogP contribution in [0.2, 0.25) is 0 Å². The molecule has 1 aliphatic carbocycles.